The van der Waals surface area contributed by atoms with Crippen molar-refractivity contribution >= 4 is 24.2 Å². The summed E-state index contributed by atoms with van der Waals surface area (Å²) in [6.45, 7) is 12.9. The Bertz CT molecular complexity index is 704. The van der Waals surface area contributed by atoms with Crippen molar-refractivity contribution in [2.45, 2.75) is 85.2 Å². The Balaban J connectivity index is 0.00000102. The number of methoxy groups -OCH3 is 1. The number of hydrogen-bond donors (Lipinski definition) is 1. The van der Waals surface area contributed by atoms with Crippen LogP contribution in [0.3, 0.4) is 0 Å². The average molecular weight is 511 g/mol. The predicted molar refractivity (Wildman–Crippen MR) is 143 cm³/mol. The van der Waals surface area contributed by atoms with E-state index in [4.69, 9.17) is 4.74 Å². The number of esters is 1. The van der Waals surface area contributed by atoms with Gasteiger partial charge in [0.2, 0.25) is 18.2 Å². The van der Waals surface area contributed by atoms with E-state index in [1.165, 1.54) is 55.7 Å². The quantitative estimate of drug-likeness (QED) is 0.306. The monoisotopic (exact) mass is 510 g/mol. The smallest absolute Gasteiger partial charge is 0.328 e. The van der Waals surface area contributed by atoms with Crippen molar-refractivity contribution in [3.8, 4) is 0 Å². The lowest BCUT2D eigenvalue weighted by atomic mass is 9.99. The standard InChI is InChI=1S/C18H29N3O5.C6H13N.C3H8/c1-12(2)15(20(4)16(23)10-19-11-22)9-13(3)17(24)21-8-6-7-14(21)18(25)26-5;1-7-5-3-2-4-6-7;1-3-2/h9,11-12,14-15H,6-8,10H2,1-5H3,(H,19,22);2-6H2,1H3;3H2,1-2H3/b13-9+;;/t14-,15+;;/m0../s1. The zero-order chi connectivity index (χ0) is 27.7. The van der Waals surface area contributed by atoms with Gasteiger partial charge in [0.1, 0.15) is 6.04 Å². The molecule has 36 heavy (non-hydrogen) atoms. The highest BCUT2D eigenvalue weighted by atomic mass is 16.5. The maximum atomic E-state index is 12.8. The molecular weight excluding hydrogens is 460 g/mol. The van der Waals surface area contributed by atoms with Crippen molar-refractivity contribution in [1.29, 1.82) is 0 Å². The van der Waals surface area contributed by atoms with Crippen LogP contribution in [-0.2, 0) is 23.9 Å². The minimum atomic E-state index is -0.551. The van der Waals surface area contributed by atoms with E-state index in [-0.39, 0.29) is 30.3 Å². The number of nitrogens with zero attached hydrogens (tertiary/aromatic N) is 3. The van der Waals surface area contributed by atoms with Gasteiger partial charge in [0, 0.05) is 19.2 Å². The number of likely N-dealkylation sites (N-methyl/N-ethyl adjacent to an activating group) is 1. The molecule has 3 amide bonds. The minimum Gasteiger partial charge on any atom is -0.467 e. The van der Waals surface area contributed by atoms with E-state index in [0.29, 0.717) is 24.9 Å². The van der Waals surface area contributed by atoms with Crippen LogP contribution < -0.4 is 5.32 Å². The fourth-order valence-electron chi connectivity index (χ4n) is 4.17. The van der Waals surface area contributed by atoms with E-state index in [9.17, 15) is 19.2 Å². The summed E-state index contributed by atoms with van der Waals surface area (Å²) in [5, 5.41) is 2.35. The summed E-state index contributed by atoms with van der Waals surface area (Å²) in [7, 11) is 5.15. The van der Waals surface area contributed by atoms with Gasteiger partial charge in [-0.3, -0.25) is 14.4 Å². The number of rotatable bonds is 8. The summed E-state index contributed by atoms with van der Waals surface area (Å²) in [5.41, 5.74) is 0.475. The molecule has 0 saturated carbocycles. The SMILES string of the molecule is CCC.CN1CCCCC1.COC(=O)[C@@H]1CCCN1C(=O)/C(C)=C/[C@H](C(C)C)N(C)C(=O)CNC=O. The van der Waals surface area contributed by atoms with Gasteiger partial charge in [0.15, 0.2) is 0 Å². The Morgan fingerprint density at radius 3 is 2.11 bits per heavy atom. The zero-order valence-corrected chi connectivity index (χ0v) is 23.8. The number of carbonyl (C=O) groups is 4. The molecule has 0 bridgehead atoms. The predicted octanol–water partition coefficient (Wildman–Crippen LogP) is 2.84. The summed E-state index contributed by atoms with van der Waals surface area (Å²) in [5.74, 6) is -0.814. The van der Waals surface area contributed by atoms with Gasteiger partial charge < -0.3 is 24.8 Å². The highest BCUT2D eigenvalue weighted by Crippen LogP contribution is 2.22. The molecule has 2 saturated heterocycles. The van der Waals surface area contributed by atoms with Crippen LogP contribution in [0.2, 0.25) is 0 Å². The third-order valence-corrected chi connectivity index (χ3v) is 6.18. The lowest BCUT2D eigenvalue weighted by Gasteiger charge is -2.30. The first-order chi connectivity index (χ1) is 17.0. The minimum absolute atomic E-state index is 0.0675. The van der Waals surface area contributed by atoms with Crippen LogP contribution >= 0.6 is 0 Å². The average Bonchev–Trinajstić information content (AvgIpc) is 3.35. The molecule has 9 nitrogen and oxygen atoms in total. The number of ether oxygens (including phenoxy) is 1. The Morgan fingerprint density at radius 1 is 1.08 bits per heavy atom. The molecule has 2 rings (SSSR count). The molecule has 2 heterocycles. The van der Waals surface area contributed by atoms with Gasteiger partial charge in [0.25, 0.3) is 0 Å². The molecule has 2 aliphatic heterocycles. The number of carbonyl (C=O) groups excluding carboxylic acids is 4. The normalized spacial score (nSPS) is 18.8. The number of hydrogen-bond acceptors (Lipinski definition) is 6. The fourth-order valence-corrected chi connectivity index (χ4v) is 4.17. The molecule has 0 aromatic rings. The van der Waals surface area contributed by atoms with E-state index >= 15 is 0 Å². The largest absolute Gasteiger partial charge is 0.467 e. The second-order valence-electron chi connectivity index (χ2n) is 9.84. The van der Waals surface area contributed by atoms with Crippen molar-refractivity contribution in [3.05, 3.63) is 11.6 Å². The van der Waals surface area contributed by atoms with Gasteiger partial charge >= 0.3 is 5.97 Å². The second kappa shape index (κ2) is 18.8. The van der Waals surface area contributed by atoms with E-state index in [0.717, 1.165) is 6.42 Å². The van der Waals surface area contributed by atoms with Crippen LogP contribution in [0, 0.1) is 5.92 Å². The second-order valence-corrected chi connectivity index (χ2v) is 9.84. The molecule has 0 aromatic heterocycles. The Labute approximate surface area is 218 Å². The molecule has 2 aliphatic rings. The van der Waals surface area contributed by atoms with Crippen molar-refractivity contribution in [2.75, 3.05) is 47.4 Å². The van der Waals surface area contributed by atoms with Crippen LogP contribution in [-0.4, -0.2) is 98.4 Å². The van der Waals surface area contributed by atoms with Gasteiger partial charge in [0.05, 0.1) is 19.7 Å². The number of amides is 3. The third kappa shape index (κ3) is 12.0. The van der Waals surface area contributed by atoms with Crippen LogP contribution in [0.1, 0.15) is 73.1 Å². The van der Waals surface area contributed by atoms with Crippen molar-refractivity contribution in [1.82, 2.24) is 20.0 Å². The molecule has 0 aromatic carbocycles. The number of likely N-dealkylation sites (tertiary alicyclic amines) is 2. The first-order valence-corrected chi connectivity index (χ1v) is 13.2. The van der Waals surface area contributed by atoms with Gasteiger partial charge in [-0.1, -0.05) is 46.6 Å². The number of piperidine rings is 1. The molecule has 2 atom stereocenters. The first kappa shape index (κ1) is 33.6. The third-order valence-electron chi connectivity index (χ3n) is 6.18. The first-order valence-electron chi connectivity index (χ1n) is 13.2. The summed E-state index contributed by atoms with van der Waals surface area (Å²) in [6.07, 6.45) is 9.09. The Morgan fingerprint density at radius 2 is 1.67 bits per heavy atom. The van der Waals surface area contributed by atoms with Crippen LogP contribution in [0.4, 0.5) is 0 Å². The lowest BCUT2D eigenvalue weighted by Crippen LogP contribution is -2.44. The van der Waals surface area contributed by atoms with Crippen LogP contribution in [0.15, 0.2) is 11.6 Å². The van der Waals surface area contributed by atoms with Gasteiger partial charge in [-0.15, -0.1) is 0 Å². The highest BCUT2D eigenvalue weighted by molar-refractivity contribution is 5.96. The Kier molecular flexibility index (Phi) is 17.5. The molecular formula is C27H50N4O5. The van der Waals surface area contributed by atoms with Crippen LogP contribution in [0.5, 0.6) is 0 Å². The van der Waals surface area contributed by atoms with Gasteiger partial charge in [-0.2, -0.15) is 0 Å². The molecule has 1 N–H and O–H groups in total. The van der Waals surface area contributed by atoms with Crippen molar-refractivity contribution in [2.24, 2.45) is 5.92 Å². The highest BCUT2D eigenvalue weighted by Gasteiger charge is 2.35. The molecule has 0 spiro atoms. The summed E-state index contributed by atoms with van der Waals surface area (Å²) in [4.78, 5) is 52.6. The fraction of sp³-hybridized carbons (Fsp3) is 0.778. The lowest BCUT2D eigenvalue weighted by molar-refractivity contribution is -0.149. The molecule has 0 unspecified atom stereocenters. The van der Waals surface area contributed by atoms with E-state index in [1.807, 2.05) is 13.8 Å². The van der Waals surface area contributed by atoms with Gasteiger partial charge in [-0.05, 0) is 58.7 Å². The molecule has 0 aliphatic carbocycles. The Hall–Kier alpha value is -2.42. The van der Waals surface area contributed by atoms with E-state index < -0.39 is 12.0 Å². The molecule has 208 valence electrons. The topological polar surface area (TPSA) is 99.3 Å². The number of nitrogens with one attached hydrogen (secondary N) is 1. The molecule has 9 heteroatoms. The van der Waals surface area contributed by atoms with Crippen LogP contribution in [0.25, 0.3) is 0 Å². The van der Waals surface area contributed by atoms with Crippen molar-refractivity contribution < 1.29 is 23.9 Å². The maximum absolute atomic E-state index is 12.8. The van der Waals surface area contributed by atoms with E-state index in [2.05, 4.69) is 31.1 Å². The van der Waals surface area contributed by atoms with E-state index in [1.54, 1.807) is 20.0 Å². The summed E-state index contributed by atoms with van der Waals surface area (Å²) < 4.78 is 4.78. The summed E-state index contributed by atoms with van der Waals surface area (Å²) >= 11 is 0. The summed E-state index contributed by atoms with van der Waals surface area (Å²) in [6, 6.07) is -0.858. The molecule has 0 radical (unpaired) electrons. The maximum Gasteiger partial charge on any atom is 0.328 e. The van der Waals surface area contributed by atoms with Crippen molar-refractivity contribution in [3.63, 3.8) is 0 Å². The van der Waals surface area contributed by atoms with Gasteiger partial charge in [-0.25, -0.2) is 4.79 Å². The molecule has 2 fully saturated rings. The zero-order valence-electron chi connectivity index (χ0n) is 23.8.